The molecule has 2 aromatic heterocycles. The van der Waals surface area contributed by atoms with Crippen LogP contribution in [0, 0.1) is 11.6 Å². The van der Waals surface area contributed by atoms with Crippen LogP contribution in [0.3, 0.4) is 0 Å². The second-order valence-corrected chi connectivity index (χ2v) is 10.2. The summed E-state index contributed by atoms with van der Waals surface area (Å²) in [4.78, 5) is 27.7. The highest BCUT2D eigenvalue weighted by Crippen LogP contribution is 2.40. The number of fused-ring (bicyclic) bond motifs is 1. The topological polar surface area (TPSA) is 120 Å². The molecule has 4 heterocycles. The number of halogens is 2. The Balaban J connectivity index is 1.58. The first-order valence-corrected chi connectivity index (χ1v) is 13.1. The maximum absolute atomic E-state index is 15.4. The lowest BCUT2D eigenvalue weighted by atomic mass is 9.96. The molecule has 0 saturated carbocycles. The van der Waals surface area contributed by atoms with Gasteiger partial charge in [-0.15, -0.1) is 0 Å². The normalized spacial score (nSPS) is 19.8. The molecule has 0 bridgehead atoms. The zero-order valence-electron chi connectivity index (χ0n) is 23.3. The Morgan fingerprint density at radius 3 is 2.49 bits per heavy atom. The first-order valence-electron chi connectivity index (χ1n) is 13.1. The summed E-state index contributed by atoms with van der Waals surface area (Å²) in [5.74, 6) is -1.75. The molecule has 2 aliphatic heterocycles. The summed E-state index contributed by atoms with van der Waals surface area (Å²) < 4.78 is 52.3. The van der Waals surface area contributed by atoms with Gasteiger partial charge in [0.1, 0.15) is 5.52 Å². The number of hydrogen-bond donors (Lipinski definition) is 2. The summed E-state index contributed by atoms with van der Waals surface area (Å²) in [5.41, 5.74) is -0.294. The lowest BCUT2D eigenvalue weighted by Crippen LogP contribution is -2.61. The van der Waals surface area contributed by atoms with Crippen molar-refractivity contribution in [3.8, 4) is 22.8 Å². The smallest absolute Gasteiger partial charge is 0.243 e. The third-order valence-corrected chi connectivity index (χ3v) is 7.40. The van der Waals surface area contributed by atoms with Crippen molar-refractivity contribution >= 4 is 28.6 Å². The minimum Gasteiger partial charge on any atom is -0.494 e. The molecule has 5 rings (SSSR count). The number of rotatable bonds is 9. The molecular formula is C28H32F2N6O5. The van der Waals surface area contributed by atoms with Crippen LogP contribution in [0.15, 0.2) is 31.0 Å². The number of amides is 1. The quantitative estimate of drug-likeness (QED) is 0.372. The van der Waals surface area contributed by atoms with Gasteiger partial charge in [-0.25, -0.2) is 23.7 Å². The standard InChI is InChI=1S/C28H32F2N6O5/c1-6-21(37)32-16-7-8-41-12-18(16)34-27-31-11-15-9-17(22-23(29)19(38-3)10-20(39-4)24(22)30)33-26(25(15)35-27)36-13-28(2,14-36)40-5/h6,9-11,16,18H,1,7-8,12-14H2,2-5H3,(H,32,37)(H,31,34,35). The van der Waals surface area contributed by atoms with Crippen LogP contribution < -0.4 is 25.0 Å². The Labute approximate surface area is 235 Å². The molecule has 2 unspecified atom stereocenters. The third-order valence-electron chi connectivity index (χ3n) is 7.40. The number of methoxy groups -OCH3 is 3. The molecule has 2 atom stereocenters. The Morgan fingerprint density at radius 1 is 1.15 bits per heavy atom. The van der Waals surface area contributed by atoms with Crippen molar-refractivity contribution in [3.05, 3.63) is 42.6 Å². The molecule has 2 fully saturated rings. The predicted octanol–water partition coefficient (Wildman–Crippen LogP) is 3.08. The van der Waals surface area contributed by atoms with Crippen LogP contribution in [0.5, 0.6) is 11.5 Å². The van der Waals surface area contributed by atoms with Gasteiger partial charge in [0, 0.05) is 31.4 Å². The van der Waals surface area contributed by atoms with Crippen molar-refractivity contribution < 1.29 is 32.5 Å². The zero-order chi connectivity index (χ0) is 29.3. The van der Waals surface area contributed by atoms with E-state index in [2.05, 4.69) is 27.2 Å². The second-order valence-electron chi connectivity index (χ2n) is 10.2. The molecule has 0 aliphatic carbocycles. The van der Waals surface area contributed by atoms with Crippen LogP contribution in [0.1, 0.15) is 13.3 Å². The van der Waals surface area contributed by atoms with Crippen LogP contribution in [0.2, 0.25) is 0 Å². The van der Waals surface area contributed by atoms with Crippen molar-refractivity contribution in [2.45, 2.75) is 31.0 Å². The van der Waals surface area contributed by atoms with E-state index in [0.29, 0.717) is 49.4 Å². The van der Waals surface area contributed by atoms with Crippen molar-refractivity contribution in [2.75, 3.05) is 57.8 Å². The Morgan fingerprint density at radius 2 is 1.85 bits per heavy atom. The first-order chi connectivity index (χ1) is 19.7. The van der Waals surface area contributed by atoms with Crippen LogP contribution in [0.25, 0.3) is 22.2 Å². The summed E-state index contributed by atoms with van der Waals surface area (Å²) in [7, 11) is 4.21. The molecule has 13 heteroatoms. The largest absolute Gasteiger partial charge is 0.494 e. The van der Waals surface area contributed by atoms with E-state index in [0.717, 1.165) is 6.07 Å². The number of carbonyl (C=O) groups is 1. The van der Waals surface area contributed by atoms with Gasteiger partial charge in [-0.1, -0.05) is 6.58 Å². The van der Waals surface area contributed by atoms with Gasteiger partial charge in [0.25, 0.3) is 0 Å². The van der Waals surface area contributed by atoms with Gasteiger partial charge in [0.05, 0.1) is 62.9 Å². The van der Waals surface area contributed by atoms with Gasteiger partial charge >= 0.3 is 0 Å². The highest BCUT2D eigenvalue weighted by molar-refractivity contribution is 5.93. The molecule has 218 valence electrons. The Kier molecular flexibility index (Phi) is 7.91. The molecular weight excluding hydrogens is 538 g/mol. The fraction of sp³-hybridized carbons (Fsp3) is 0.429. The summed E-state index contributed by atoms with van der Waals surface area (Å²) >= 11 is 0. The van der Waals surface area contributed by atoms with Gasteiger partial charge < -0.3 is 34.5 Å². The first kappa shape index (κ1) is 28.4. The summed E-state index contributed by atoms with van der Waals surface area (Å²) in [5, 5.41) is 6.68. The van der Waals surface area contributed by atoms with Crippen molar-refractivity contribution in [3.63, 3.8) is 0 Å². The van der Waals surface area contributed by atoms with Crippen LogP contribution in [-0.2, 0) is 14.3 Å². The van der Waals surface area contributed by atoms with E-state index in [9.17, 15) is 4.79 Å². The van der Waals surface area contributed by atoms with Gasteiger partial charge in [-0.2, -0.15) is 0 Å². The SMILES string of the molecule is C=CC(=O)NC1CCOCC1Nc1ncc2cc(-c3c(F)c(OC)cc(OC)c3F)nc(N3CC(C)(OC)C3)c2n1. The summed E-state index contributed by atoms with van der Waals surface area (Å²) in [6, 6.07) is 2.15. The maximum Gasteiger partial charge on any atom is 0.243 e. The average Bonchev–Trinajstić information content (AvgIpc) is 2.96. The van der Waals surface area contributed by atoms with E-state index in [1.165, 1.54) is 26.4 Å². The van der Waals surface area contributed by atoms with E-state index >= 15 is 8.78 Å². The number of anilines is 2. The monoisotopic (exact) mass is 570 g/mol. The molecule has 0 spiro atoms. The van der Waals surface area contributed by atoms with E-state index in [-0.39, 0.29) is 46.7 Å². The summed E-state index contributed by atoms with van der Waals surface area (Å²) in [6.07, 6.45) is 3.38. The second kappa shape index (κ2) is 11.4. The number of nitrogens with one attached hydrogen (secondary N) is 2. The molecule has 0 radical (unpaired) electrons. The van der Waals surface area contributed by atoms with E-state index in [1.54, 1.807) is 13.3 Å². The van der Waals surface area contributed by atoms with Gasteiger partial charge in [-0.05, 0) is 25.5 Å². The molecule has 2 aliphatic rings. The lowest BCUT2D eigenvalue weighted by Gasteiger charge is -2.47. The predicted molar refractivity (Wildman–Crippen MR) is 148 cm³/mol. The molecule has 2 N–H and O–H groups in total. The fourth-order valence-corrected chi connectivity index (χ4v) is 5.05. The van der Waals surface area contributed by atoms with Gasteiger partial charge in [0.15, 0.2) is 29.0 Å². The highest BCUT2D eigenvalue weighted by Gasteiger charge is 2.41. The molecule has 3 aromatic rings. The number of hydrogen-bond acceptors (Lipinski definition) is 10. The Bertz CT molecular complexity index is 1450. The van der Waals surface area contributed by atoms with E-state index in [1.807, 2.05) is 11.8 Å². The minimum atomic E-state index is -0.905. The zero-order valence-corrected chi connectivity index (χ0v) is 23.3. The number of pyridine rings is 1. The number of carbonyl (C=O) groups excluding carboxylic acids is 1. The fourth-order valence-electron chi connectivity index (χ4n) is 5.05. The van der Waals surface area contributed by atoms with E-state index < -0.39 is 17.2 Å². The van der Waals surface area contributed by atoms with Crippen molar-refractivity contribution in [2.24, 2.45) is 0 Å². The van der Waals surface area contributed by atoms with Crippen molar-refractivity contribution in [1.29, 1.82) is 0 Å². The number of ether oxygens (including phenoxy) is 4. The summed E-state index contributed by atoms with van der Waals surface area (Å²) in [6.45, 7) is 7.29. The molecule has 1 amide bonds. The third kappa shape index (κ3) is 5.46. The van der Waals surface area contributed by atoms with Crippen LogP contribution >= 0.6 is 0 Å². The lowest BCUT2D eigenvalue weighted by molar-refractivity contribution is -0.117. The molecule has 1 aromatic carbocycles. The van der Waals surface area contributed by atoms with Crippen molar-refractivity contribution in [1.82, 2.24) is 20.3 Å². The average molecular weight is 571 g/mol. The number of aromatic nitrogens is 3. The van der Waals surface area contributed by atoms with Gasteiger partial charge in [-0.3, -0.25) is 4.79 Å². The van der Waals surface area contributed by atoms with Crippen LogP contribution in [0.4, 0.5) is 20.5 Å². The Hall–Kier alpha value is -4.10. The number of nitrogens with zero attached hydrogens (tertiary/aromatic N) is 4. The van der Waals surface area contributed by atoms with E-state index in [4.69, 9.17) is 23.9 Å². The molecule has 41 heavy (non-hydrogen) atoms. The minimum absolute atomic E-state index is 0.0305. The molecule has 11 nitrogen and oxygen atoms in total. The molecule has 2 saturated heterocycles. The van der Waals surface area contributed by atoms with Gasteiger partial charge in [0.2, 0.25) is 11.9 Å². The van der Waals surface area contributed by atoms with Crippen LogP contribution in [-0.4, -0.2) is 86.2 Å². The number of benzene rings is 1. The highest BCUT2D eigenvalue weighted by atomic mass is 19.1. The maximum atomic E-state index is 15.4.